The maximum atomic E-state index is 6.68. The Morgan fingerprint density at radius 1 is 0.245 bits per heavy atom. The fourth-order valence-corrected chi connectivity index (χ4v) is 17.3. The molecular weight excluding hydrogens is 1190 g/mol. The SMILES string of the molecule is c1ccc(-c2cnc(-c3ccc4c(c3)-c3cc(-c5ncc(-c6cccc(-c7ccc8nc(-c9ccc%10c(c9)-c9cc(-c%11nc%12ccccc%12s%11)ccc9C%109c%10ccccc%10Oc%10ccccc%109)sc8c7)c6)cn5)ccc3C43c4ccccc4Oc4ccccc43)nc2)cc1. The van der Waals surface area contributed by atoms with Crippen LogP contribution in [0, 0.1) is 0 Å². The Bertz CT molecular complexity index is 5720. The van der Waals surface area contributed by atoms with Gasteiger partial charge in [-0.25, -0.2) is 29.9 Å². The van der Waals surface area contributed by atoms with E-state index in [0.717, 1.165) is 138 Å². The lowest BCUT2D eigenvalue weighted by molar-refractivity contribution is 0.436. The highest BCUT2D eigenvalue weighted by atomic mass is 32.1. The summed E-state index contributed by atoms with van der Waals surface area (Å²) in [5, 5.41) is 1.97. The first kappa shape index (κ1) is 52.9. The van der Waals surface area contributed by atoms with Crippen molar-refractivity contribution in [2.75, 3.05) is 0 Å². The van der Waals surface area contributed by atoms with Crippen LogP contribution in [0.2, 0.25) is 0 Å². The second-order valence-corrected chi connectivity index (χ2v) is 26.5. The van der Waals surface area contributed by atoms with Crippen molar-refractivity contribution in [3.63, 3.8) is 0 Å². The maximum absolute atomic E-state index is 6.68. The number of fused-ring (bicyclic) bond motifs is 20. The van der Waals surface area contributed by atoms with Crippen LogP contribution in [0.4, 0.5) is 0 Å². The van der Waals surface area contributed by atoms with Crippen molar-refractivity contribution in [1.82, 2.24) is 29.9 Å². The van der Waals surface area contributed by atoms with Crippen LogP contribution in [0.1, 0.15) is 44.5 Å². The summed E-state index contributed by atoms with van der Waals surface area (Å²) < 4.78 is 15.6. The molecule has 0 bridgehead atoms. The van der Waals surface area contributed by atoms with Crippen molar-refractivity contribution >= 4 is 43.1 Å². The van der Waals surface area contributed by atoms with Crippen LogP contribution in [-0.2, 0) is 10.8 Å². The van der Waals surface area contributed by atoms with Gasteiger partial charge in [0, 0.05) is 80.4 Å². The average Bonchev–Trinajstić information content (AvgIpc) is 1.49. The molecule has 20 rings (SSSR count). The van der Waals surface area contributed by atoms with Crippen LogP contribution in [-0.4, -0.2) is 29.9 Å². The Balaban J connectivity index is 0.636. The van der Waals surface area contributed by atoms with E-state index in [0.29, 0.717) is 11.6 Å². The zero-order valence-electron chi connectivity index (χ0n) is 50.0. The predicted octanol–water partition coefficient (Wildman–Crippen LogP) is 21.1. The molecule has 0 saturated carbocycles. The van der Waals surface area contributed by atoms with Crippen molar-refractivity contribution in [2.45, 2.75) is 10.8 Å². The number of rotatable bonds is 7. The first-order chi connectivity index (χ1) is 46.5. The summed E-state index contributed by atoms with van der Waals surface area (Å²) >= 11 is 3.46. The third kappa shape index (κ3) is 7.78. The molecule has 2 aliphatic carbocycles. The molecule has 0 N–H and O–H groups in total. The Kier molecular flexibility index (Phi) is 11.4. The quantitative estimate of drug-likeness (QED) is 0.156. The van der Waals surface area contributed by atoms with Crippen LogP contribution in [0.5, 0.6) is 23.0 Å². The summed E-state index contributed by atoms with van der Waals surface area (Å²) in [6.07, 6.45) is 7.71. The van der Waals surface area contributed by atoms with Crippen LogP contribution in [0.25, 0.3) is 120 Å². The first-order valence-electron chi connectivity index (χ1n) is 31.4. The van der Waals surface area contributed by atoms with Gasteiger partial charge in [-0.3, -0.25) is 0 Å². The standard InChI is InChI=1S/C84H48N6O2S2/c1-2-15-49(16-3-1)57-45-85-79(86-46-57)53-29-34-63-59(40-53)60-41-54(30-35-64(60)83(63)67-19-4-9-24-73(67)91-74-25-10-5-20-68(74)83)80-87-47-58(48-88-80)51-18-14-17-50(39-51)52-33-38-72-78(44-52)94-82(90-72)56-32-37-66-62(43-56)61-42-55(81-89-71-23-8-13-28-77(71)93-81)31-36-65(61)84(66)69-21-6-11-26-75(69)92-76-27-12-7-22-70(76)84/h1-48H. The van der Waals surface area contributed by atoms with E-state index in [9.17, 15) is 0 Å². The number of thiazole rings is 2. The molecule has 0 atom stereocenters. The molecule has 4 aliphatic rings. The van der Waals surface area contributed by atoms with Gasteiger partial charge in [-0.05, 0) is 146 Å². The minimum absolute atomic E-state index is 0.597. The lowest BCUT2D eigenvalue weighted by Crippen LogP contribution is -2.32. The normalized spacial score (nSPS) is 13.7. The molecule has 6 heterocycles. The van der Waals surface area contributed by atoms with Gasteiger partial charge in [0.2, 0.25) is 0 Å². The van der Waals surface area contributed by atoms with Crippen LogP contribution < -0.4 is 9.47 Å². The molecule has 0 fully saturated rings. The van der Waals surface area contributed by atoms with E-state index in [1.807, 2.05) is 55.1 Å². The van der Waals surface area contributed by atoms with Crippen LogP contribution in [0.15, 0.2) is 292 Å². The highest BCUT2D eigenvalue weighted by molar-refractivity contribution is 7.22. The Hall–Kier alpha value is -11.8. The summed E-state index contributed by atoms with van der Waals surface area (Å²) in [5.74, 6) is 4.72. The lowest BCUT2D eigenvalue weighted by Gasteiger charge is -2.39. The summed E-state index contributed by atoms with van der Waals surface area (Å²) in [4.78, 5) is 30.5. The van der Waals surface area contributed by atoms with Gasteiger partial charge in [0.25, 0.3) is 0 Å². The molecule has 438 valence electrons. The predicted molar refractivity (Wildman–Crippen MR) is 377 cm³/mol. The highest BCUT2D eigenvalue weighted by Gasteiger charge is 2.53. The topological polar surface area (TPSA) is 95.8 Å². The Morgan fingerprint density at radius 3 is 1.10 bits per heavy atom. The van der Waals surface area contributed by atoms with Gasteiger partial charge >= 0.3 is 0 Å². The fraction of sp³-hybridized carbons (Fsp3) is 0.0238. The molecule has 10 heteroatoms. The molecule has 16 aromatic rings. The monoisotopic (exact) mass is 1240 g/mol. The summed E-state index contributed by atoms with van der Waals surface area (Å²) in [5.41, 5.74) is 24.8. The number of ether oxygens (including phenoxy) is 2. The number of aromatic nitrogens is 6. The van der Waals surface area contributed by atoms with Gasteiger partial charge < -0.3 is 9.47 Å². The van der Waals surface area contributed by atoms with Gasteiger partial charge in [0.1, 0.15) is 33.0 Å². The average molecular weight is 1240 g/mol. The van der Waals surface area contributed by atoms with E-state index in [4.69, 9.17) is 39.4 Å². The molecule has 2 aliphatic heterocycles. The summed E-state index contributed by atoms with van der Waals surface area (Å²) in [7, 11) is 0. The van der Waals surface area contributed by atoms with E-state index in [1.54, 1.807) is 22.7 Å². The fourth-order valence-electron chi connectivity index (χ4n) is 15.3. The minimum atomic E-state index is -0.647. The van der Waals surface area contributed by atoms with Crippen LogP contribution in [0.3, 0.4) is 0 Å². The van der Waals surface area contributed by atoms with Gasteiger partial charge in [-0.1, -0.05) is 188 Å². The first-order valence-corrected chi connectivity index (χ1v) is 33.1. The summed E-state index contributed by atoms with van der Waals surface area (Å²) in [6, 6.07) is 95.1. The van der Waals surface area contributed by atoms with E-state index in [1.165, 1.54) is 38.1 Å². The number of hydrogen-bond acceptors (Lipinski definition) is 10. The third-order valence-corrected chi connectivity index (χ3v) is 21.7. The number of hydrogen-bond donors (Lipinski definition) is 0. The van der Waals surface area contributed by atoms with Gasteiger partial charge in [0.15, 0.2) is 11.6 Å². The van der Waals surface area contributed by atoms with Gasteiger partial charge in [-0.2, -0.15) is 0 Å². The van der Waals surface area contributed by atoms with Crippen molar-refractivity contribution in [2.24, 2.45) is 0 Å². The lowest BCUT2D eigenvalue weighted by atomic mass is 9.66. The van der Waals surface area contributed by atoms with E-state index in [-0.39, 0.29) is 0 Å². The zero-order chi connectivity index (χ0) is 61.6. The molecule has 12 aromatic carbocycles. The van der Waals surface area contributed by atoms with E-state index in [2.05, 4.69) is 237 Å². The Morgan fingerprint density at radius 2 is 0.606 bits per heavy atom. The second kappa shape index (κ2) is 20.3. The molecule has 0 unspecified atom stereocenters. The Labute approximate surface area is 548 Å². The third-order valence-electron chi connectivity index (χ3n) is 19.5. The van der Waals surface area contributed by atoms with Crippen molar-refractivity contribution in [3.8, 4) is 123 Å². The van der Waals surface area contributed by atoms with Crippen molar-refractivity contribution < 1.29 is 9.47 Å². The molecular formula is C84H48N6O2S2. The molecule has 2 spiro atoms. The molecule has 0 radical (unpaired) electrons. The largest absolute Gasteiger partial charge is 0.457 e. The zero-order valence-corrected chi connectivity index (χ0v) is 51.7. The number of benzene rings is 12. The number of para-hydroxylation sites is 5. The van der Waals surface area contributed by atoms with E-state index >= 15 is 0 Å². The molecule has 8 nitrogen and oxygen atoms in total. The number of nitrogens with zero attached hydrogens (tertiary/aromatic N) is 6. The molecule has 0 amide bonds. The molecule has 4 aromatic heterocycles. The highest BCUT2D eigenvalue weighted by Crippen LogP contribution is 2.65. The van der Waals surface area contributed by atoms with Crippen LogP contribution >= 0.6 is 22.7 Å². The van der Waals surface area contributed by atoms with Crippen molar-refractivity contribution in [1.29, 1.82) is 0 Å². The van der Waals surface area contributed by atoms with E-state index < -0.39 is 10.8 Å². The minimum Gasteiger partial charge on any atom is -0.457 e. The van der Waals surface area contributed by atoms with Gasteiger partial charge in [-0.15, -0.1) is 22.7 Å². The second-order valence-electron chi connectivity index (χ2n) is 24.5. The van der Waals surface area contributed by atoms with Gasteiger partial charge in [0.05, 0.1) is 31.3 Å². The van der Waals surface area contributed by atoms with Crippen molar-refractivity contribution in [3.05, 3.63) is 336 Å². The molecule has 0 saturated heterocycles. The molecule has 94 heavy (non-hydrogen) atoms. The summed E-state index contributed by atoms with van der Waals surface area (Å²) in [6.45, 7) is 0. The maximum Gasteiger partial charge on any atom is 0.159 e. The smallest absolute Gasteiger partial charge is 0.159 e.